The first kappa shape index (κ1) is 23.6. The molecular formula is C22H21FN2O5S2. The van der Waals surface area contributed by atoms with Gasteiger partial charge >= 0.3 is 0 Å². The second-order valence-electron chi connectivity index (χ2n) is 6.96. The maximum Gasteiger partial charge on any atom is 0.252 e. The number of halogens is 1. The quantitative estimate of drug-likeness (QED) is 0.477. The number of ketones is 1. The molecule has 1 heterocycles. The number of methoxy groups -OCH3 is 1. The van der Waals surface area contributed by atoms with Crippen molar-refractivity contribution in [2.75, 3.05) is 14.2 Å². The van der Waals surface area contributed by atoms with Gasteiger partial charge in [-0.25, -0.2) is 12.8 Å². The van der Waals surface area contributed by atoms with E-state index in [-0.39, 0.29) is 33.2 Å². The van der Waals surface area contributed by atoms with Gasteiger partial charge in [-0.15, -0.1) is 11.3 Å². The van der Waals surface area contributed by atoms with Crippen molar-refractivity contribution in [2.45, 2.75) is 17.2 Å². The second-order valence-corrected chi connectivity index (χ2v) is 10.4. The van der Waals surface area contributed by atoms with Crippen molar-refractivity contribution in [3.05, 3.63) is 82.0 Å². The highest BCUT2D eigenvalue weighted by Crippen LogP contribution is 2.30. The Labute approximate surface area is 189 Å². The van der Waals surface area contributed by atoms with Crippen LogP contribution < -0.4 is 10.5 Å². The Kier molecular flexibility index (Phi) is 7.07. The van der Waals surface area contributed by atoms with Gasteiger partial charge in [0.25, 0.3) is 10.0 Å². The number of nitrogens with zero attached hydrogens (tertiary/aromatic N) is 1. The number of primary amides is 1. The van der Waals surface area contributed by atoms with Gasteiger partial charge < -0.3 is 10.5 Å². The van der Waals surface area contributed by atoms with E-state index in [0.717, 1.165) is 33.3 Å². The van der Waals surface area contributed by atoms with Crippen LogP contribution in [0.5, 0.6) is 5.75 Å². The topological polar surface area (TPSA) is 107 Å². The van der Waals surface area contributed by atoms with Gasteiger partial charge in [0.2, 0.25) is 5.91 Å². The van der Waals surface area contributed by atoms with Gasteiger partial charge in [-0.1, -0.05) is 24.3 Å². The molecule has 0 atom stereocenters. The fourth-order valence-electron chi connectivity index (χ4n) is 3.03. The van der Waals surface area contributed by atoms with Crippen LogP contribution in [0.25, 0.3) is 0 Å². The van der Waals surface area contributed by atoms with Crippen molar-refractivity contribution in [1.29, 1.82) is 0 Å². The lowest BCUT2D eigenvalue weighted by molar-refractivity contribution is 0.0989. The van der Waals surface area contributed by atoms with E-state index >= 15 is 0 Å². The van der Waals surface area contributed by atoms with Crippen molar-refractivity contribution in [1.82, 2.24) is 4.31 Å². The number of benzene rings is 2. The molecule has 7 nitrogen and oxygen atoms in total. The van der Waals surface area contributed by atoms with Gasteiger partial charge in [0, 0.05) is 24.9 Å². The number of sulfonamides is 1. The number of hydrogen-bond donors (Lipinski definition) is 1. The Morgan fingerprint density at radius 1 is 1.09 bits per heavy atom. The molecule has 0 aliphatic carbocycles. The molecule has 2 aromatic carbocycles. The molecule has 0 saturated heterocycles. The number of ether oxygens (including phenoxy) is 1. The molecule has 10 heteroatoms. The van der Waals surface area contributed by atoms with Gasteiger partial charge in [-0.2, -0.15) is 4.31 Å². The molecule has 0 aliphatic rings. The Balaban J connectivity index is 1.87. The predicted octanol–water partition coefficient (Wildman–Crippen LogP) is 3.24. The number of hydrogen-bond acceptors (Lipinski definition) is 6. The standard InChI is InChI=1S/C22H21FN2O5S2/c1-25(13-14-7-9-15(30-2)10-8-14)32(28,29)21-11-17(22(24)27)20(31-21)12-19(26)16-5-3-4-6-18(16)23/h3-11H,12-13H2,1-2H3,(H2,24,27). The third-order valence-electron chi connectivity index (χ3n) is 4.78. The van der Waals surface area contributed by atoms with Crippen LogP contribution in [0.15, 0.2) is 58.8 Å². The lowest BCUT2D eigenvalue weighted by atomic mass is 10.1. The van der Waals surface area contributed by atoms with E-state index in [9.17, 15) is 22.4 Å². The summed E-state index contributed by atoms with van der Waals surface area (Å²) in [6.07, 6.45) is -0.346. The summed E-state index contributed by atoms with van der Waals surface area (Å²) in [4.78, 5) is 24.6. The van der Waals surface area contributed by atoms with Crippen molar-refractivity contribution < 1.29 is 27.1 Å². The van der Waals surface area contributed by atoms with Crippen LogP contribution in [-0.4, -0.2) is 38.6 Å². The van der Waals surface area contributed by atoms with Gasteiger partial charge in [-0.3, -0.25) is 9.59 Å². The fourth-order valence-corrected chi connectivity index (χ4v) is 5.92. The minimum Gasteiger partial charge on any atom is -0.497 e. The highest BCUT2D eigenvalue weighted by atomic mass is 32.2. The van der Waals surface area contributed by atoms with E-state index in [0.29, 0.717) is 5.75 Å². The molecule has 1 aromatic heterocycles. The summed E-state index contributed by atoms with van der Waals surface area (Å²) in [6.45, 7) is 0.0830. The van der Waals surface area contributed by atoms with Crippen molar-refractivity contribution in [3.8, 4) is 5.75 Å². The number of carbonyl (C=O) groups is 2. The Morgan fingerprint density at radius 2 is 1.75 bits per heavy atom. The number of Topliss-reactive ketones (excluding diaryl/α,β-unsaturated/α-hetero) is 1. The second kappa shape index (κ2) is 9.60. The maximum atomic E-state index is 13.9. The van der Waals surface area contributed by atoms with Crippen molar-refractivity contribution in [3.63, 3.8) is 0 Å². The van der Waals surface area contributed by atoms with Crippen LogP contribution in [0.4, 0.5) is 4.39 Å². The van der Waals surface area contributed by atoms with E-state index in [2.05, 4.69) is 0 Å². The summed E-state index contributed by atoms with van der Waals surface area (Å²) in [5, 5.41) is 0. The van der Waals surface area contributed by atoms with Crippen molar-refractivity contribution in [2.24, 2.45) is 5.73 Å². The summed E-state index contributed by atoms with van der Waals surface area (Å²) >= 11 is 0.775. The van der Waals surface area contributed by atoms with Gasteiger partial charge in [0.1, 0.15) is 15.8 Å². The van der Waals surface area contributed by atoms with Crippen LogP contribution in [0.2, 0.25) is 0 Å². The molecule has 0 fully saturated rings. The minimum absolute atomic E-state index is 0.0730. The minimum atomic E-state index is -3.97. The average Bonchev–Trinajstić information content (AvgIpc) is 3.19. The molecule has 0 radical (unpaired) electrons. The highest BCUT2D eigenvalue weighted by molar-refractivity contribution is 7.91. The molecule has 0 bridgehead atoms. The Morgan fingerprint density at radius 3 is 2.34 bits per heavy atom. The molecule has 0 aliphatic heterocycles. The number of rotatable bonds is 9. The summed E-state index contributed by atoms with van der Waals surface area (Å²) < 4.78 is 46.2. The SMILES string of the molecule is COc1ccc(CN(C)S(=O)(=O)c2cc(C(N)=O)c(CC(=O)c3ccccc3F)s2)cc1. The number of carbonyl (C=O) groups excluding carboxylic acids is 2. The molecule has 32 heavy (non-hydrogen) atoms. The third-order valence-corrected chi connectivity index (χ3v) is 8.16. The zero-order valence-electron chi connectivity index (χ0n) is 17.4. The first-order valence-corrected chi connectivity index (χ1v) is 11.7. The van der Waals surface area contributed by atoms with E-state index < -0.39 is 27.5 Å². The first-order valence-electron chi connectivity index (χ1n) is 9.43. The first-order chi connectivity index (χ1) is 15.1. The van der Waals surface area contributed by atoms with Crippen molar-refractivity contribution >= 4 is 33.1 Å². The molecule has 1 amide bonds. The maximum absolute atomic E-state index is 13.9. The monoisotopic (exact) mass is 476 g/mol. The highest BCUT2D eigenvalue weighted by Gasteiger charge is 2.28. The van der Waals surface area contributed by atoms with Gasteiger partial charge in [0.05, 0.1) is 18.2 Å². The zero-order valence-corrected chi connectivity index (χ0v) is 19.0. The molecule has 168 valence electrons. The predicted molar refractivity (Wildman–Crippen MR) is 119 cm³/mol. The molecular weight excluding hydrogens is 455 g/mol. The fraction of sp³-hybridized carbons (Fsp3) is 0.182. The van der Waals surface area contributed by atoms with Crippen LogP contribution in [-0.2, 0) is 23.0 Å². The largest absolute Gasteiger partial charge is 0.497 e. The molecule has 0 spiro atoms. The average molecular weight is 477 g/mol. The van der Waals surface area contributed by atoms with E-state index in [4.69, 9.17) is 10.5 Å². The lowest BCUT2D eigenvalue weighted by Gasteiger charge is -2.16. The lowest BCUT2D eigenvalue weighted by Crippen LogP contribution is -2.25. The van der Waals surface area contributed by atoms with E-state index in [1.165, 1.54) is 32.4 Å². The zero-order chi connectivity index (χ0) is 23.5. The smallest absolute Gasteiger partial charge is 0.252 e. The van der Waals surface area contributed by atoms with Crippen LogP contribution in [0, 0.1) is 5.82 Å². The molecule has 3 rings (SSSR count). The van der Waals surface area contributed by atoms with E-state index in [1.54, 1.807) is 24.3 Å². The Hall–Kier alpha value is -3.08. The normalized spacial score (nSPS) is 11.5. The summed E-state index contributed by atoms with van der Waals surface area (Å²) in [7, 11) is -1.02. The number of nitrogens with two attached hydrogens (primary N) is 1. The number of amides is 1. The van der Waals surface area contributed by atoms with Crippen LogP contribution >= 0.6 is 11.3 Å². The van der Waals surface area contributed by atoms with E-state index in [1.807, 2.05) is 0 Å². The molecule has 0 unspecified atom stereocenters. The molecule has 3 aromatic rings. The third kappa shape index (κ3) is 5.04. The van der Waals surface area contributed by atoms with Gasteiger partial charge in [0.15, 0.2) is 5.78 Å². The molecule has 0 saturated carbocycles. The van der Waals surface area contributed by atoms with Gasteiger partial charge in [-0.05, 0) is 35.9 Å². The number of thiophene rings is 1. The van der Waals surface area contributed by atoms with Crippen LogP contribution in [0.3, 0.4) is 0 Å². The Bertz CT molecular complexity index is 1250. The summed E-state index contributed by atoms with van der Waals surface area (Å²) in [5.74, 6) is -1.49. The summed E-state index contributed by atoms with van der Waals surface area (Å²) in [5.41, 5.74) is 5.92. The van der Waals surface area contributed by atoms with Crippen LogP contribution in [0.1, 0.15) is 31.2 Å². The summed E-state index contributed by atoms with van der Waals surface area (Å²) in [6, 6.07) is 13.5. The molecule has 2 N–H and O–H groups in total.